The van der Waals surface area contributed by atoms with Gasteiger partial charge in [-0.3, -0.25) is 4.79 Å². The fourth-order valence-corrected chi connectivity index (χ4v) is 1.55. The lowest BCUT2D eigenvalue weighted by Gasteiger charge is -2.21. The molecule has 4 nitrogen and oxygen atoms in total. The van der Waals surface area contributed by atoms with E-state index in [4.69, 9.17) is 4.74 Å². The number of hydrogen-bond acceptors (Lipinski definition) is 3. The van der Waals surface area contributed by atoms with Gasteiger partial charge < -0.3 is 15.2 Å². The first-order chi connectivity index (χ1) is 8.29. The minimum Gasteiger partial charge on any atom is -0.483 e. The van der Waals surface area contributed by atoms with Crippen molar-refractivity contribution < 1.29 is 14.6 Å². The number of aliphatic hydroxyl groups is 1. The van der Waals surface area contributed by atoms with E-state index < -0.39 is 6.10 Å². The first kappa shape index (κ1) is 14.5. The normalized spacial score (nSPS) is 12.9. The van der Waals surface area contributed by atoms with Crippen molar-refractivity contribution in [1.82, 2.24) is 5.32 Å². The zero-order valence-corrected chi connectivity index (χ0v) is 11.4. The van der Waals surface area contributed by atoms with Gasteiger partial charge in [0.15, 0.2) is 6.61 Å². The lowest BCUT2D eigenvalue weighted by atomic mass is 10.1. The Labute approximate surface area is 108 Å². The van der Waals surface area contributed by atoms with Crippen LogP contribution in [-0.2, 0) is 4.79 Å². The highest BCUT2D eigenvalue weighted by Crippen LogP contribution is 2.24. The first-order valence-corrected chi connectivity index (χ1v) is 6.00. The van der Waals surface area contributed by atoms with Crippen LogP contribution in [0.4, 0.5) is 0 Å². The molecule has 0 unspecified atom stereocenters. The molecular formula is C14H21NO3. The van der Waals surface area contributed by atoms with Gasteiger partial charge >= 0.3 is 0 Å². The molecule has 0 aliphatic heterocycles. The van der Waals surface area contributed by atoms with Gasteiger partial charge in [-0.1, -0.05) is 18.2 Å². The molecule has 2 N–H and O–H groups in total. The Morgan fingerprint density at radius 2 is 2.00 bits per heavy atom. The predicted octanol–water partition coefficient (Wildman–Crippen LogP) is 2.03. The van der Waals surface area contributed by atoms with Gasteiger partial charge in [0, 0.05) is 11.1 Å². The number of carbonyl (C=O) groups excluding carboxylic acids is 1. The third-order valence-electron chi connectivity index (χ3n) is 2.24. The molecule has 0 aromatic heterocycles. The molecule has 1 aromatic carbocycles. The second kappa shape index (κ2) is 5.87. The average Bonchev–Trinajstić information content (AvgIpc) is 2.24. The van der Waals surface area contributed by atoms with Crippen LogP contribution in [0.3, 0.4) is 0 Å². The minimum absolute atomic E-state index is 0.0546. The highest BCUT2D eigenvalue weighted by atomic mass is 16.5. The van der Waals surface area contributed by atoms with Crippen LogP contribution in [0.15, 0.2) is 24.3 Å². The molecule has 0 spiro atoms. The number of amides is 1. The third kappa shape index (κ3) is 4.75. The van der Waals surface area contributed by atoms with Crippen molar-refractivity contribution in [2.75, 3.05) is 6.61 Å². The standard InChI is InChI=1S/C14H21NO3/c1-10(16)11-7-5-6-8-12(11)18-9-13(17)15-14(2,3)4/h5-8,10,16H,9H2,1-4H3,(H,15,17)/t10-/m0/s1. The topological polar surface area (TPSA) is 58.6 Å². The molecule has 100 valence electrons. The van der Waals surface area contributed by atoms with Crippen molar-refractivity contribution in [2.24, 2.45) is 0 Å². The molecule has 1 atom stereocenters. The smallest absolute Gasteiger partial charge is 0.258 e. The summed E-state index contributed by atoms with van der Waals surface area (Å²) in [6.45, 7) is 7.34. The van der Waals surface area contributed by atoms with E-state index in [0.29, 0.717) is 11.3 Å². The zero-order chi connectivity index (χ0) is 13.8. The van der Waals surface area contributed by atoms with Crippen molar-refractivity contribution >= 4 is 5.91 Å². The first-order valence-electron chi connectivity index (χ1n) is 6.00. The number of benzene rings is 1. The number of para-hydroxylation sites is 1. The number of rotatable bonds is 4. The molecule has 1 rings (SSSR count). The van der Waals surface area contributed by atoms with Crippen LogP contribution in [0.2, 0.25) is 0 Å². The maximum atomic E-state index is 11.6. The third-order valence-corrected chi connectivity index (χ3v) is 2.24. The quantitative estimate of drug-likeness (QED) is 0.861. The molecule has 0 bridgehead atoms. The van der Waals surface area contributed by atoms with Crippen molar-refractivity contribution in [3.63, 3.8) is 0 Å². The monoisotopic (exact) mass is 251 g/mol. The number of hydrogen-bond donors (Lipinski definition) is 2. The number of nitrogens with one attached hydrogen (secondary N) is 1. The maximum absolute atomic E-state index is 11.6. The number of aliphatic hydroxyl groups excluding tert-OH is 1. The minimum atomic E-state index is -0.619. The lowest BCUT2D eigenvalue weighted by Crippen LogP contribution is -2.43. The van der Waals surface area contributed by atoms with Crippen molar-refractivity contribution in [3.8, 4) is 5.75 Å². The SMILES string of the molecule is C[C@H](O)c1ccccc1OCC(=O)NC(C)(C)C. The van der Waals surface area contributed by atoms with Gasteiger partial charge in [-0.25, -0.2) is 0 Å². The summed E-state index contributed by atoms with van der Waals surface area (Å²) in [4.78, 5) is 11.6. The summed E-state index contributed by atoms with van der Waals surface area (Å²) in [5.74, 6) is 0.361. The molecule has 0 aliphatic rings. The van der Waals surface area contributed by atoms with E-state index in [2.05, 4.69) is 5.32 Å². The van der Waals surface area contributed by atoms with Gasteiger partial charge in [0.05, 0.1) is 6.10 Å². The largest absolute Gasteiger partial charge is 0.483 e. The average molecular weight is 251 g/mol. The van der Waals surface area contributed by atoms with E-state index in [9.17, 15) is 9.90 Å². The number of carbonyl (C=O) groups is 1. The highest BCUT2D eigenvalue weighted by molar-refractivity contribution is 5.78. The predicted molar refractivity (Wildman–Crippen MR) is 70.5 cm³/mol. The summed E-state index contributed by atoms with van der Waals surface area (Å²) in [7, 11) is 0. The van der Waals surface area contributed by atoms with E-state index in [-0.39, 0.29) is 18.1 Å². The molecule has 4 heteroatoms. The van der Waals surface area contributed by atoms with Gasteiger partial charge in [0.2, 0.25) is 0 Å². The number of ether oxygens (including phenoxy) is 1. The van der Waals surface area contributed by atoms with Gasteiger partial charge in [-0.2, -0.15) is 0 Å². The van der Waals surface area contributed by atoms with E-state index in [0.717, 1.165) is 0 Å². The van der Waals surface area contributed by atoms with Gasteiger partial charge in [0.1, 0.15) is 5.75 Å². The van der Waals surface area contributed by atoms with Crippen LogP contribution >= 0.6 is 0 Å². The lowest BCUT2D eigenvalue weighted by molar-refractivity contribution is -0.124. The molecule has 0 saturated carbocycles. The zero-order valence-electron chi connectivity index (χ0n) is 11.4. The van der Waals surface area contributed by atoms with Crippen LogP contribution in [0, 0.1) is 0 Å². The molecule has 1 amide bonds. The van der Waals surface area contributed by atoms with Gasteiger partial charge in [0.25, 0.3) is 5.91 Å². The van der Waals surface area contributed by atoms with Crippen LogP contribution in [0.1, 0.15) is 39.4 Å². The second-order valence-corrected chi connectivity index (χ2v) is 5.30. The summed E-state index contributed by atoms with van der Waals surface area (Å²) in [5.41, 5.74) is 0.408. The molecule has 0 fully saturated rings. The molecule has 0 aliphatic carbocycles. The Balaban J connectivity index is 2.61. The van der Waals surface area contributed by atoms with E-state index in [1.165, 1.54) is 0 Å². The fourth-order valence-electron chi connectivity index (χ4n) is 1.55. The van der Waals surface area contributed by atoms with Crippen LogP contribution in [0.25, 0.3) is 0 Å². The van der Waals surface area contributed by atoms with E-state index >= 15 is 0 Å². The Morgan fingerprint density at radius 1 is 1.39 bits per heavy atom. The van der Waals surface area contributed by atoms with Crippen molar-refractivity contribution in [2.45, 2.75) is 39.3 Å². The molecule has 0 saturated heterocycles. The molecule has 1 aromatic rings. The molecule has 0 radical (unpaired) electrons. The summed E-state index contributed by atoms with van der Waals surface area (Å²) < 4.78 is 5.43. The highest BCUT2D eigenvalue weighted by Gasteiger charge is 2.15. The summed E-state index contributed by atoms with van der Waals surface area (Å²) in [6.07, 6.45) is -0.619. The molecular weight excluding hydrogens is 230 g/mol. The molecule has 0 heterocycles. The maximum Gasteiger partial charge on any atom is 0.258 e. The van der Waals surface area contributed by atoms with Crippen molar-refractivity contribution in [3.05, 3.63) is 29.8 Å². The summed E-state index contributed by atoms with van der Waals surface area (Å²) in [5, 5.41) is 12.4. The van der Waals surface area contributed by atoms with E-state index in [1.54, 1.807) is 19.1 Å². The summed E-state index contributed by atoms with van der Waals surface area (Å²) >= 11 is 0. The van der Waals surface area contributed by atoms with Crippen LogP contribution < -0.4 is 10.1 Å². The van der Waals surface area contributed by atoms with Gasteiger partial charge in [-0.05, 0) is 33.8 Å². The Kier molecular flexibility index (Phi) is 4.73. The van der Waals surface area contributed by atoms with Crippen LogP contribution in [0.5, 0.6) is 5.75 Å². The Hall–Kier alpha value is -1.55. The second-order valence-electron chi connectivity index (χ2n) is 5.30. The summed E-state index contributed by atoms with van der Waals surface area (Å²) in [6, 6.07) is 7.15. The Bertz CT molecular complexity index is 408. The van der Waals surface area contributed by atoms with Crippen molar-refractivity contribution in [1.29, 1.82) is 0 Å². The van der Waals surface area contributed by atoms with Crippen LogP contribution in [-0.4, -0.2) is 23.2 Å². The van der Waals surface area contributed by atoms with E-state index in [1.807, 2.05) is 32.9 Å². The molecule has 18 heavy (non-hydrogen) atoms. The van der Waals surface area contributed by atoms with Gasteiger partial charge in [-0.15, -0.1) is 0 Å². The Morgan fingerprint density at radius 3 is 2.56 bits per heavy atom. The fraction of sp³-hybridized carbons (Fsp3) is 0.500.